The van der Waals surface area contributed by atoms with Crippen LogP contribution in [0.1, 0.15) is 239 Å². The van der Waals surface area contributed by atoms with Crippen LogP contribution >= 0.6 is 0 Å². The zero-order valence-corrected chi connectivity index (χ0v) is 40.9. The molecule has 0 rings (SSSR count). The van der Waals surface area contributed by atoms with Crippen molar-refractivity contribution < 1.29 is 23.8 Å². The molecule has 0 bridgehead atoms. The maximum Gasteiger partial charge on any atom is 0.306 e. The zero-order chi connectivity index (χ0) is 44.9. The minimum Gasteiger partial charge on any atom is -0.462 e. The number of esters is 2. The average Bonchev–Trinajstić information content (AvgIpc) is 3.27. The van der Waals surface area contributed by atoms with Gasteiger partial charge in [0.1, 0.15) is 6.61 Å². The molecule has 0 fully saturated rings. The molecule has 5 nitrogen and oxygen atoms in total. The van der Waals surface area contributed by atoms with Crippen molar-refractivity contribution in [2.75, 3.05) is 19.8 Å². The van der Waals surface area contributed by atoms with Gasteiger partial charge in [0, 0.05) is 19.4 Å². The number of rotatable bonds is 47. The number of carbonyl (C=O) groups is 2. The van der Waals surface area contributed by atoms with Gasteiger partial charge in [0.25, 0.3) is 0 Å². The summed E-state index contributed by atoms with van der Waals surface area (Å²) >= 11 is 0. The topological polar surface area (TPSA) is 61.8 Å². The zero-order valence-electron chi connectivity index (χ0n) is 40.9. The van der Waals surface area contributed by atoms with E-state index in [1.165, 1.54) is 103 Å². The quantitative estimate of drug-likeness (QED) is 0.0346. The molecule has 0 aromatic carbocycles. The van der Waals surface area contributed by atoms with Crippen molar-refractivity contribution in [2.45, 2.75) is 245 Å². The van der Waals surface area contributed by atoms with Gasteiger partial charge >= 0.3 is 11.9 Å². The van der Waals surface area contributed by atoms with E-state index in [9.17, 15) is 9.59 Å². The highest BCUT2D eigenvalue weighted by Gasteiger charge is 2.17. The molecule has 5 heteroatoms. The molecular weight excluding hydrogens is 765 g/mol. The van der Waals surface area contributed by atoms with Crippen LogP contribution in [-0.4, -0.2) is 37.9 Å². The Morgan fingerprint density at radius 2 is 0.726 bits per heavy atom. The van der Waals surface area contributed by atoms with Crippen molar-refractivity contribution in [3.63, 3.8) is 0 Å². The smallest absolute Gasteiger partial charge is 0.306 e. The molecule has 1 atom stereocenters. The van der Waals surface area contributed by atoms with Gasteiger partial charge in [-0.2, -0.15) is 0 Å². The Bertz CT molecular complexity index is 1160. The van der Waals surface area contributed by atoms with Gasteiger partial charge in [0.15, 0.2) is 6.10 Å². The Balaban J connectivity index is 4.32. The first kappa shape index (κ1) is 59.1. The molecule has 0 aliphatic rings. The van der Waals surface area contributed by atoms with Crippen LogP contribution in [0.3, 0.4) is 0 Å². The molecule has 0 heterocycles. The summed E-state index contributed by atoms with van der Waals surface area (Å²) in [5, 5.41) is 0. The SMILES string of the molecule is CC/C=C\C/C=C\C/C=C\CCCCCCCC(=O)OCC(COCCCCCCCCCC/C=C\CCCCCCCC)OC(=O)CCCCC/C=C\C/C=C\C/C=C\CC. The third-order valence-corrected chi connectivity index (χ3v) is 10.9. The number of carbonyl (C=O) groups excluding carboxylic acids is 2. The van der Waals surface area contributed by atoms with Crippen molar-refractivity contribution >= 4 is 11.9 Å². The fraction of sp³-hybridized carbons (Fsp3) is 0.719. The normalized spacial score (nSPS) is 12.9. The van der Waals surface area contributed by atoms with Crippen LogP contribution < -0.4 is 0 Å². The van der Waals surface area contributed by atoms with E-state index in [-0.39, 0.29) is 25.2 Å². The van der Waals surface area contributed by atoms with Crippen LogP contribution in [0.2, 0.25) is 0 Å². The fourth-order valence-corrected chi connectivity index (χ4v) is 7.06. The molecule has 0 N–H and O–H groups in total. The van der Waals surface area contributed by atoms with Gasteiger partial charge in [0.05, 0.1) is 6.61 Å². The molecule has 1 unspecified atom stereocenters. The second-order valence-corrected chi connectivity index (χ2v) is 17.0. The van der Waals surface area contributed by atoms with Crippen molar-refractivity contribution in [2.24, 2.45) is 0 Å². The summed E-state index contributed by atoms with van der Waals surface area (Å²) in [4.78, 5) is 25.4. The van der Waals surface area contributed by atoms with E-state index in [4.69, 9.17) is 14.2 Å². The second kappa shape index (κ2) is 52.4. The highest BCUT2D eigenvalue weighted by molar-refractivity contribution is 5.70. The highest BCUT2D eigenvalue weighted by atomic mass is 16.6. The Morgan fingerprint density at radius 1 is 0.371 bits per heavy atom. The first-order valence-electron chi connectivity index (χ1n) is 26.1. The third-order valence-electron chi connectivity index (χ3n) is 10.9. The summed E-state index contributed by atoms with van der Waals surface area (Å²) in [5.41, 5.74) is 0. The predicted octanol–water partition coefficient (Wildman–Crippen LogP) is 17.7. The standard InChI is InChI=1S/C57H98O5/c1-4-7-10-13-16-19-22-25-27-28-29-31-34-37-40-43-46-49-52-60-53-55(62-57(59)51-48-45-42-39-36-32-24-21-18-15-12-9-6-3)54-61-56(58)50-47-44-41-38-35-33-30-26-23-20-17-14-11-8-5-2/h8-9,11-12,17-18,20-21,25-27,30,32,36,55H,4-7,10,13-16,19,22-24,28-29,31,33-35,37-54H2,1-3H3/b11-8-,12-9-,20-17-,21-18-,27-25-,30-26-,36-32-. The number of ether oxygens (including phenoxy) is 3. The average molecular weight is 863 g/mol. The minimum atomic E-state index is -0.563. The first-order valence-corrected chi connectivity index (χ1v) is 26.1. The molecule has 0 aromatic rings. The number of hydrogen-bond acceptors (Lipinski definition) is 5. The van der Waals surface area contributed by atoms with Crippen molar-refractivity contribution in [1.82, 2.24) is 0 Å². The Labute approximate surface area is 384 Å². The van der Waals surface area contributed by atoms with Crippen LogP contribution in [0, 0.1) is 0 Å². The van der Waals surface area contributed by atoms with Gasteiger partial charge in [-0.25, -0.2) is 0 Å². The van der Waals surface area contributed by atoms with Crippen LogP contribution in [0.25, 0.3) is 0 Å². The second-order valence-electron chi connectivity index (χ2n) is 17.0. The van der Waals surface area contributed by atoms with Crippen molar-refractivity contribution in [1.29, 1.82) is 0 Å². The summed E-state index contributed by atoms with van der Waals surface area (Å²) in [6, 6.07) is 0. The van der Waals surface area contributed by atoms with E-state index in [0.29, 0.717) is 19.4 Å². The van der Waals surface area contributed by atoms with E-state index in [0.717, 1.165) is 103 Å². The molecule has 0 saturated heterocycles. The molecule has 0 saturated carbocycles. The molecule has 0 aromatic heterocycles. The Hall–Kier alpha value is -2.92. The summed E-state index contributed by atoms with van der Waals surface area (Å²) in [5.74, 6) is -0.452. The molecule has 356 valence electrons. The lowest BCUT2D eigenvalue weighted by molar-refractivity contribution is -0.163. The van der Waals surface area contributed by atoms with E-state index >= 15 is 0 Å². The third kappa shape index (κ3) is 49.7. The molecule has 0 amide bonds. The Kier molecular flexibility index (Phi) is 50.0. The number of hydrogen-bond donors (Lipinski definition) is 0. The largest absolute Gasteiger partial charge is 0.462 e. The number of allylic oxidation sites excluding steroid dienone is 14. The monoisotopic (exact) mass is 863 g/mol. The van der Waals surface area contributed by atoms with Crippen LogP contribution in [0.5, 0.6) is 0 Å². The molecule has 0 aliphatic heterocycles. The van der Waals surface area contributed by atoms with Gasteiger partial charge in [-0.05, 0) is 109 Å². The molecular formula is C57H98O5. The van der Waals surface area contributed by atoms with Crippen LogP contribution in [0.15, 0.2) is 85.1 Å². The van der Waals surface area contributed by atoms with Gasteiger partial charge in [-0.3, -0.25) is 9.59 Å². The van der Waals surface area contributed by atoms with Crippen LogP contribution in [-0.2, 0) is 23.8 Å². The van der Waals surface area contributed by atoms with Gasteiger partial charge in [-0.15, -0.1) is 0 Å². The van der Waals surface area contributed by atoms with E-state index < -0.39 is 6.10 Å². The maximum absolute atomic E-state index is 12.8. The van der Waals surface area contributed by atoms with Gasteiger partial charge < -0.3 is 14.2 Å². The minimum absolute atomic E-state index is 0.0601. The first-order chi connectivity index (χ1) is 30.6. The predicted molar refractivity (Wildman–Crippen MR) is 270 cm³/mol. The fourth-order valence-electron chi connectivity index (χ4n) is 7.06. The van der Waals surface area contributed by atoms with E-state index in [2.05, 4.69) is 106 Å². The van der Waals surface area contributed by atoms with E-state index in [1.54, 1.807) is 0 Å². The summed E-state index contributed by atoms with van der Waals surface area (Å²) in [6.07, 6.45) is 68.8. The van der Waals surface area contributed by atoms with Crippen LogP contribution in [0.4, 0.5) is 0 Å². The Morgan fingerprint density at radius 3 is 1.19 bits per heavy atom. The highest BCUT2D eigenvalue weighted by Crippen LogP contribution is 2.13. The summed E-state index contributed by atoms with van der Waals surface area (Å²) < 4.78 is 17.4. The maximum atomic E-state index is 12.8. The lowest BCUT2D eigenvalue weighted by Crippen LogP contribution is -2.30. The summed E-state index contributed by atoms with van der Waals surface area (Å²) in [7, 11) is 0. The summed E-state index contributed by atoms with van der Waals surface area (Å²) in [6.45, 7) is 7.55. The lowest BCUT2D eigenvalue weighted by atomic mass is 10.1. The van der Waals surface area contributed by atoms with Gasteiger partial charge in [0.2, 0.25) is 0 Å². The molecule has 62 heavy (non-hydrogen) atoms. The molecule has 0 aliphatic carbocycles. The molecule has 0 spiro atoms. The molecule has 0 radical (unpaired) electrons. The van der Waals surface area contributed by atoms with Crippen molar-refractivity contribution in [3.8, 4) is 0 Å². The lowest BCUT2D eigenvalue weighted by Gasteiger charge is -2.18. The van der Waals surface area contributed by atoms with Gasteiger partial charge in [-0.1, -0.05) is 202 Å². The van der Waals surface area contributed by atoms with Crippen molar-refractivity contribution in [3.05, 3.63) is 85.1 Å². The van der Waals surface area contributed by atoms with E-state index in [1.807, 2.05) is 0 Å². The number of unbranched alkanes of at least 4 members (excludes halogenated alkanes) is 22.